The van der Waals surface area contributed by atoms with Crippen molar-refractivity contribution in [1.82, 2.24) is 20.2 Å². The summed E-state index contributed by atoms with van der Waals surface area (Å²) in [6.45, 7) is 1.48. The number of nitrogens with one attached hydrogen (secondary N) is 2. The third-order valence-electron chi connectivity index (χ3n) is 1.59. The lowest BCUT2D eigenvalue weighted by atomic mass is 10.4. The molecule has 1 rings (SSSR count). The second-order valence-corrected chi connectivity index (χ2v) is 3.02. The van der Waals surface area contributed by atoms with Crippen molar-refractivity contribution in [2.75, 3.05) is 27.2 Å². The first-order valence-corrected chi connectivity index (χ1v) is 4.11. The summed E-state index contributed by atoms with van der Waals surface area (Å²) in [4.78, 5) is 19.8. The molecule has 0 unspecified atom stereocenters. The number of imidazole rings is 1. The minimum absolute atomic E-state index is 0.112. The molecule has 5 nitrogen and oxygen atoms in total. The average Bonchev–Trinajstić information content (AvgIpc) is 2.55. The topological polar surface area (TPSA) is 61.0 Å². The Kier molecular flexibility index (Phi) is 3.45. The highest BCUT2D eigenvalue weighted by molar-refractivity contribution is 5.91. The lowest BCUT2D eigenvalue weighted by molar-refractivity contribution is 0.0946. The second kappa shape index (κ2) is 4.61. The van der Waals surface area contributed by atoms with Gasteiger partial charge in [-0.05, 0) is 14.1 Å². The molecule has 0 atom stereocenters. The number of nitrogens with zero attached hydrogens (tertiary/aromatic N) is 2. The zero-order valence-electron chi connectivity index (χ0n) is 7.87. The van der Waals surface area contributed by atoms with Gasteiger partial charge in [-0.1, -0.05) is 0 Å². The molecule has 0 aliphatic rings. The highest BCUT2D eigenvalue weighted by Crippen LogP contribution is 1.89. The van der Waals surface area contributed by atoms with Crippen molar-refractivity contribution in [1.29, 1.82) is 0 Å². The van der Waals surface area contributed by atoms with Gasteiger partial charge in [0.2, 0.25) is 0 Å². The molecule has 0 aliphatic heterocycles. The zero-order valence-corrected chi connectivity index (χ0v) is 7.87. The Labute approximate surface area is 77.2 Å². The number of amides is 1. The quantitative estimate of drug-likeness (QED) is 0.672. The maximum atomic E-state index is 11.3. The van der Waals surface area contributed by atoms with Crippen molar-refractivity contribution in [3.63, 3.8) is 0 Å². The summed E-state index contributed by atoms with van der Waals surface area (Å²) in [5.74, 6) is -0.112. The maximum Gasteiger partial charge on any atom is 0.269 e. The van der Waals surface area contributed by atoms with E-state index in [1.165, 1.54) is 12.5 Å². The third kappa shape index (κ3) is 3.25. The van der Waals surface area contributed by atoms with Crippen molar-refractivity contribution < 1.29 is 4.79 Å². The van der Waals surface area contributed by atoms with E-state index < -0.39 is 0 Å². The molecule has 1 amide bonds. The number of rotatable bonds is 4. The predicted molar refractivity (Wildman–Crippen MR) is 49.5 cm³/mol. The van der Waals surface area contributed by atoms with Crippen LogP contribution in [0.4, 0.5) is 0 Å². The molecule has 0 radical (unpaired) electrons. The largest absolute Gasteiger partial charge is 0.349 e. The Morgan fingerprint density at radius 3 is 3.00 bits per heavy atom. The minimum Gasteiger partial charge on any atom is -0.349 e. The zero-order chi connectivity index (χ0) is 9.68. The molecule has 0 saturated carbocycles. The average molecular weight is 182 g/mol. The Morgan fingerprint density at radius 2 is 2.46 bits per heavy atom. The molecule has 1 heterocycles. The van der Waals surface area contributed by atoms with Gasteiger partial charge in [0.15, 0.2) is 0 Å². The van der Waals surface area contributed by atoms with E-state index in [4.69, 9.17) is 0 Å². The Morgan fingerprint density at radius 1 is 1.69 bits per heavy atom. The van der Waals surface area contributed by atoms with Crippen molar-refractivity contribution in [3.05, 3.63) is 18.2 Å². The van der Waals surface area contributed by atoms with Crippen LogP contribution in [0.2, 0.25) is 0 Å². The number of carbonyl (C=O) groups is 1. The molecule has 0 aliphatic carbocycles. The Bertz CT molecular complexity index is 255. The lowest BCUT2D eigenvalue weighted by Crippen LogP contribution is -2.31. The van der Waals surface area contributed by atoms with Crippen molar-refractivity contribution in [2.24, 2.45) is 0 Å². The van der Waals surface area contributed by atoms with E-state index in [0.717, 1.165) is 6.54 Å². The molecule has 5 heteroatoms. The summed E-state index contributed by atoms with van der Waals surface area (Å²) in [6, 6.07) is 0. The van der Waals surface area contributed by atoms with Gasteiger partial charge < -0.3 is 15.2 Å². The van der Waals surface area contributed by atoms with Crippen molar-refractivity contribution in [2.45, 2.75) is 0 Å². The van der Waals surface area contributed by atoms with E-state index in [9.17, 15) is 4.79 Å². The number of hydrogen-bond acceptors (Lipinski definition) is 3. The summed E-state index contributed by atoms with van der Waals surface area (Å²) >= 11 is 0. The lowest BCUT2D eigenvalue weighted by Gasteiger charge is -2.09. The van der Waals surface area contributed by atoms with E-state index in [0.29, 0.717) is 12.2 Å². The summed E-state index contributed by atoms with van der Waals surface area (Å²) in [5.41, 5.74) is 0.499. The van der Waals surface area contributed by atoms with Gasteiger partial charge in [-0.15, -0.1) is 0 Å². The van der Waals surface area contributed by atoms with Crippen LogP contribution in [0.1, 0.15) is 10.5 Å². The first-order valence-electron chi connectivity index (χ1n) is 4.11. The van der Waals surface area contributed by atoms with Gasteiger partial charge in [0.1, 0.15) is 5.69 Å². The van der Waals surface area contributed by atoms with Crippen LogP contribution in [-0.4, -0.2) is 48.0 Å². The highest BCUT2D eigenvalue weighted by Gasteiger charge is 2.04. The fraction of sp³-hybridized carbons (Fsp3) is 0.500. The Hall–Kier alpha value is -1.36. The van der Waals surface area contributed by atoms with Crippen LogP contribution < -0.4 is 5.32 Å². The standard InChI is InChI=1S/C8H14N4O/c1-12(2)4-3-10-8(13)7-5-9-6-11-7/h5-6H,3-4H2,1-2H3,(H,9,11)(H,10,13). The van der Waals surface area contributed by atoms with Gasteiger partial charge in [-0.25, -0.2) is 4.98 Å². The van der Waals surface area contributed by atoms with Gasteiger partial charge in [-0.2, -0.15) is 0 Å². The number of aromatic nitrogens is 2. The number of likely N-dealkylation sites (N-methyl/N-ethyl adjacent to an activating group) is 1. The number of H-pyrrole nitrogens is 1. The van der Waals surface area contributed by atoms with Gasteiger partial charge >= 0.3 is 0 Å². The molecule has 0 saturated heterocycles. The molecule has 2 N–H and O–H groups in total. The van der Waals surface area contributed by atoms with Crippen molar-refractivity contribution in [3.8, 4) is 0 Å². The van der Waals surface area contributed by atoms with E-state index in [2.05, 4.69) is 15.3 Å². The van der Waals surface area contributed by atoms with E-state index in [1.807, 2.05) is 19.0 Å². The molecule has 0 spiro atoms. The SMILES string of the molecule is CN(C)CCNC(=O)c1cnc[nH]1. The van der Waals surface area contributed by atoms with Gasteiger partial charge in [0.25, 0.3) is 5.91 Å². The fourth-order valence-electron chi connectivity index (χ4n) is 0.868. The van der Waals surface area contributed by atoms with Crippen LogP contribution in [0, 0.1) is 0 Å². The summed E-state index contributed by atoms with van der Waals surface area (Å²) in [6.07, 6.45) is 2.99. The maximum absolute atomic E-state index is 11.3. The van der Waals surface area contributed by atoms with Gasteiger partial charge in [0, 0.05) is 13.1 Å². The van der Waals surface area contributed by atoms with Crippen molar-refractivity contribution >= 4 is 5.91 Å². The Balaban J connectivity index is 2.27. The van der Waals surface area contributed by atoms with Crippen LogP contribution in [-0.2, 0) is 0 Å². The van der Waals surface area contributed by atoms with Crippen LogP contribution in [0.3, 0.4) is 0 Å². The van der Waals surface area contributed by atoms with E-state index in [1.54, 1.807) is 0 Å². The third-order valence-corrected chi connectivity index (χ3v) is 1.59. The minimum atomic E-state index is -0.112. The van der Waals surface area contributed by atoms with Gasteiger partial charge in [0.05, 0.1) is 12.5 Å². The molecule has 13 heavy (non-hydrogen) atoms. The van der Waals surface area contributed by atoms with E-state index >= 15 is 0 Å². The summed E-state index contributed by atoms with van der Waals surface area (Å²) in [7, 11) is 3.92. The number of hydrogen-bond donors (Lipinski definition) is 2. The molecule has 0 fully saturated rings. The molecule has 1 aromatic rings. The normalized spacial score (nSPS) is 10.4. The summed E-state index contributed by atoms with van der Waals surface area (Å²) in [5, 5.41) is 2.76. The highest BCUT2D eigenvalue weighted by atomic mass is 16.1. The second-order valence-electron chi connectivity index (χ2n) is 3.02. The van der Waals surface area contributed by atoms with Crippen LogP contribution >= 0.6 is 0 Å². The molecule has 1 aromatic heterocycles. The number of aromatic amines is 1. The first-order chi connectivity index (χ1) is 6.20. The van der Waals surface area contributed by atoms with Crippen LogP contribution in [0.25, 0.3) is 0 Å². The molecular weight excluding hydrogens is 168 g/mol. The number of carbonyl (C=O) groups excluding carboxylic acids is 1. The smallest absolute Gasteiger partial charge is 0.269 e. The van der Waals surface area contributed by atoms with E-state index in [-0.39, 0.29) is 5.91 Å². The first kappa shape index (κ1) is 9.73. The molecule has 72 valence electrons. The monoisotopic (exact) mass is 182 g/mol. The molecule has 0 aromatic carbocycles. The molecule has 0 bridgehead atoms. The van der Waals surface area contributed by atoms with Crippen LogP contribution in [0.5, 0.6) is 0 Å². The fourth-order valence-corrected chi connectivity index (χ4v) is 0.868. The molecular formula is C8H14N4O. The van der Waals surface area contributed by atoms with Gasteiger partial charge in [-0.3, -0.25) is 4.79 Å². The summed E-state index contributed by atoms with van der Waals surface area (Å²) < 4.78 is 0. The predicted octanol–water partition coefficient (Wildman–Crippen LogP) is -0.299. The van der Waals surface area contributed by atoms with Crippen LogP contribution in [0.15, 0.2) is 12.5 Å².